The molecule has 74 valence electrons. The fourth-order valence-corrected chi connectivity index (χ4v) is 2.08. The van der Waals surface area contributed by atoms with Gasteiger partial charge in [0.05, 0.1) is 0 Å². The van der Waals surface area contributed by atoms with Gasteiger partial charge in [-0.1, -0.05) is 0 Å². The number of hydrogen-bond acceptors (Lipinski definition) is 2. The zero-order valence-electron chi connectivity index (χ0n) is 8.23. The molecule has 2 aromatic rings. The van der Waals surface area contributed by atoms with Crippen LogP contribution in [0.5, 0.6) is 0 Å². The smallest absolute Gasteiger partial charge is 0.0362 e. The predicted octanol–water partition coefficient (Wildman–Crippen LogP) is 2.38. The first-order chi connectivity index (χ1) is 6.86. The number of nitrogens with one attached hydrogen (secondary N) is 1. The first-order valence-corrected chi connectivity index (χ1v) is 5.62. The second-order valence-corrected chi connectivity index (χ2v) is 4.13. The highest BCUT2D eigenvalue weighted by Gasteiger charge is 1.96. The van der Waals surface area contributed by atoms with Gasteiger partial charge in [0.15, 0.2) is 0 Å². The van der Waals surface area contributed by atoms with Crippen molar-refractivity contribution in [2.24, 2.45) is 7.05 Å². The van der Waals surface area contributed by atoms with Crippen molar-refractivity contribution in [3.63, 3.8) is 0 Å². The summed E-state index contributed by atoms with van der Waals surface area (Å²) in [6.07, 6.45) is 2.07. The lowest BCUT2D eigenvalue weighted by Gasteiger charge is -2.04. The first-order valence-electron chi connectivity index (χ1n) is 4.68. The number of aryl methyl sites for hydroxylation is 1. The van der Waals surface area contributed by atoms with Crippen LogP contribution in [0, 0.1) is 0 Å². The van der Waals surface area contributed by atoms with E-state index in [0.717, 1.165) is 13.1 Å². The van der Waals surface area contributed by atoms with E-state index in [4.69, 9.17) is 0 Å². The third-order valence-electron chi connectivity index (χ3n) is 2.27. The molecule has 2 aromatic heterocycles. The van der Waals surface area contributed by atoms with Gasteiger partial charge in [0.1, 0.15) is 0 Å². The van der Waals surface area contributed by atoms with Gasteiger partial charge in [-0.3, -0.25) is 0 Å². The van der Waals surface area contributed by atoms with Crippen molar-refractivity contribution in [2.45, 2.75) is 13.1 Å². The lowest BCUT2D eigenvalue weighted by Crippen LogP contribution is -2.14. The molecule has 14 heavy (non-hydrogen) atoms. The van der Waals surface area contributed by atoms with E-state index in [9.17, 15) is 0 Å². The minimum Gasteiger partial charge on any atom is -0.353 e. The summed E-state index contributed by atoms with van der Waals surface area (Å²) in [6.45, 7) is 1.88. The summed E-state index contributed by atoms with van der Waals surface area (Å²) in [6, 6.07) is 6.37. The van der Waals surface area contributed by atoms with E-state index in [1.165, 1.54) is 11.3 Å². The Hall–Kier alpha value is -1.06. The van der Waals surface area contributed by atoms with Crippen molar-refractivity contribution in [2.75, 3.05) is 0 Å². The molecule has 2 rings (SSSR count). The van der Waals surface area contributed by atoms with E-state index in [-0.39, 0.29) is 0 Å². The van der Waals surface area contributed by atoms with Crippen LogP contribution < -0.4 is 5.32 Å². The lowest BCUT2D eigenvalue weighted by molar-refractivity contribution is 0.656. The van der Waals surface area contributed by atoms with Gasteiger partial charge >= 0.3 is 0 Å². The van der Waals surface area contributed by atoms with E-state index in [1.54, 1.807) is 11.3 Å². The molecule has 0 unspecified atom stereocenters. The average molecular weight is 206 g/mol. The molecule has 0 saturated carbocycles. The number of thiophene rings is 1. The highest BCUT2D eigenvalue weighted by Crippen LogP contribution is 2.05. The van der Waals surface area contributed by atoms with Crippen molar-refractivity contribution >= 4 is 11.3 Å². The van der Waals surface area contributed by atoms with Crippen molar-refractivity contribution < 1.29 is 0 Å². The summed E-state index contributed by atoms with van der Waals surface area (Å²) in [5.41, 5.74) is 2.68. The summed E-state index contributed by atoms with van der Waals surface area (Å²) in [5, 5.41) is 7.71. The maximum atomic E-state index is 3.42. The zero-order valence-corrected chi connectivity index (χ0v) is 9.05. The van der Waals surface area contributed by atoms with Gasteiger partial charge in [-0.15, -0.1) is 0 Å². The molecule has 2 nitrogen and oxygen atoms in total. The average Bonchev–Trinajstić information content (AvgIpc) is 2.78. The van der Waals surface area contributed by atoms with Gasteiger partial charge in [0.25, 0.3) is 0 Å². The highest BCUT2D eigenvalue weighted by atomic mass is 32.1. The van der Waals surface area contributed by atoms with E-state index in [2.05, 4.69) is 52.1 Å². The van der Waals surface area contributed by atoms with Crippen LogP contribution in [0.2, 0.25) is 0 Å². The van der Waals surface area contributed by atoms with Gasteiger partial charge in [-0.05, 0) is 34.5 Å². The van der Waals surface area contributed by atoms with Crippen molar-refractivity contribution in [1.82, 2.24) is 9.88 Å². The van der Waals surface area contributed by atoms with Crippen LogP contribution >= 0.6 is 11.3 Å². The molecule has 0 amide bonds. The monoisotopic (exact) mass is 206 g/mol. The number of rotatable bonds is 4. The van der Waals surface area contributed by atoms with E-state index < -0.39 is 0 Å². The van der Waals surface area contributed by atoms with Gasteiger partial charge in [0, 0.05) is 32.0 Å². The predicted molar refractivity (Wildman–Crippen MR) is 60.3 cm³/mol. The molecular weight excluding hydrogens is 192 g/mol. The molecule has 0 atom stereocenters. The Morgan fingerprint density at radius 1 is 1.36 bits per heavy atom. The largest absolute Gasteiger partial charge is 0.353 e. The van der Waals surface area contributed by atoms with Crippen molar-refractivity contribution in [1.29, 1.82) is 0 Å². The summed E-state index contributed by atoms with van der Waals surface area (Å²) < 4.78 is 2.14. The standard InChI is InChI=1S/C11H14N2S/c1-13-5-2-3-11(13)8-12-7-10-4-6-14-9-10/h2-6,9,12H,7-8H2,1H3. The molecule has 0 aromatic carbocycles. The Kier molecular flexibility index (Phi) is 3.01. The second-order valence-electron chi connectivity index (χ2n) is 3.35. The molecule has 0 fully saturated rings. The van der Waals surface area contributed by atoms with E-state index in [1.807, 2.05) is 0 Å². The fraction of sp³-hybridized carbons (Fsp3) is 0.273. The third-order valence-corrected chi connectivity index (χ3v) is 3.00. The van der Waals surface area contributed by atoms with Gasteiger partial charge in [-0.25, -0.2) is 0 Å². The molecule has 1 N–H and O–H groups in total. The quantitative estimate of drug-likeness (QED) is 0.812. The van der Waals surface area contributed by atoms with Crippen LogP contribution in [0.15, 0.2) is 35.2 Å². The molecule has 0 bridgehead atoms. The maximum absolute atomic E-state index is 3.42. The topological polar surface area (TPSA) is 17.0 Å². The zero-order chi connectivity index (χ0) is 9.80. The Balaban J connectivity index is 1.81. The van der Waals surface area contributed by atoms with E-state index in [0.29, 0.717) is 0 Å². The molecule has 0 aliphatic rings. The Morgan fingerprint density at radius 2 is 2.29 bits per heavy atom. The van der Waals surface area contributed by atoms with E-state index >= 15 is 0 Å². The molecular formula is C11H14N2S. The molecule has 0 spiro atoms. The maximum Gasteiger partial charge on any atom is 0.0362 e. The lowest BCUT2D eigenvalue weighted by atomic mass is 10.3. The minimum atomic E-state index is 0.930. The summed E-state index contributed by atoms with van der Waals surface area (Å²) in [4.78, 5) is 0. The van der Waals surface area contributed by atoms with Crippen molar-refractivity contribution in [3.8, 4) is 0 Å². The summed E-state index contributed by atoms with van der Waals surface area (Å²) in [5.74, 6) is 0. The van der Waals surface area contributed by atoms with Gasteiger partial charge in [0.2, 0.25) is 0 Å². The second kappa shape index (κ2) is 4.44. The highest BCUT2D eigenvalue weighted by molar-refractivity contribution is 7.07. The van der Waals surface area contributed by atoms with Crippen molar-refractivity contribution in [3.05, 3.63) is 46.4 Å². The molecule has 0 aliphatic heterocycles. The number of aromatic nitrogens is 1. The van der Waals surface area contributed by atoms with Crippen LogP contribution in [0.4, 0.5) is 0 Å². The molecule has 0 aliphatic carbocycles. The normalized spacial score (nSPS) is 10.6. The van der Waals surface area contributed by atoms with Crippen LogP contribution in [-0.4, -0.2) is 4.57 Å². The van der Waals surface area contributed by atoms with Gasteiger partial charge in [-0.2, -0.15) is 11.3 Å². The number of nitrogens with zero attached hydrogens (tertiary/aromatic N) is 1. The summed E-state index contributed by atoms with van der Waals surface area (Å²) in [7, 11) is 2.07. The van der Waals surface area contributed by atoms with Gasteiger partial charge < -0.3 is 9.88 Å². The van der Waals surface area contributed by atoms with Crippen LogP contribution in [-0.2, 0) is 20.1 Å². The third kappa shape index (κ3) is 2.25. The molecule has 0 saturated heterocycles. The molecule has 2 heterocycles. The molecule has 3 heteroatoms. The number of hydrogen-bond donors (Lipinski definition) is 1. The fourth-order valence-electron chi connectivity index (χ4n) is 1.41. The SMILES string of the molecule is Cn1cccc1CNCc1ccsc1. The summed E-state index contributed by atoms with van der Waals surface area (Å²) >= 11 is 1.75. The minimum absolute atomic E-state index is 0.930. The first kappa shape index (κ1) is 9.49. The van der Waals surface area contributed by atoms with Crippen LogP contribution in [0.1, 0.15) is 11.3 Å². The molecule has 0 radical (unpaired) electrons. The Labute approximate surface area is 88.2 Å². The Morgan fingerprint density at radius 3 is 2.93 bits per heavy atom. The van der Waals surface area contributed by atoms with Crippen LogP contribution in [0.3, 0.4) is 0 Å². The van der Waals surface area contributed by atoms with Crippen LogP contribution in [0.25, 0.3) is 0 Å². The Bertz CT molecular complexity index is 376.